The molecule has 1 saturated heterocycles. The molecular weight excluding hydrogens is 285 g/mol. The predicted molar refractivity (Wildman–Crippen MR) is 71.6 cm³/mol. The van der Waals surface area contributed by atoms with Crippen molar-refractivity contribution in [2.45, 2.75) is 25.6 Å². The number of amides is 1. The third-order valence-electron chi connectivity index (χ3n) is 3.71. The summed E-state index contributed by atoms with van der Waals surface area (Å²) in [5.41, 5.74) is 1.78. The van der Waals surface area contributed by atoms with Crippen LogP contribution < -0.4 is 15.5 Å². The van der Waals surface area contributed by atoms with Gasteiger partial charge in [-0.1, -0.05) is 0 Å². The summed E-state index contributed by atoms with van der Waals surface area (Å²) >= 11 is 0. The van der Waals surface area contributed by atoms with Gasteiger partial charge in [-0.25, -0.2) is 4.98 Å². The van der Waals surface area contributed by atoms with Gasteiger partial charge in [-0.3, -0.25) is 4.79 Å². The molecule has 1 fully saturated rings. The van der Waals surface area contributed by atoms with Crippen LogP contribution in [0.15, 0.2) is 6.07 Å². The quantitative estimate of drug-likeness (QED) is 0.872. The standard InChI is InChI=1S/C13H15F3N4O/c1-7-4-9(12(21)17-6-13(14,15)16)19-11-10(7)20-3-2-8(5-20)18-11/h4,8H,2-3,5-6H2,1H3,(H,17,21)(H,18,19). The Hall–Kier alpha value is -1.99. The molecule has 2 aliphatic heterocycles. The molecule has 2 N–H and O–H groups in total. The smallest absolute Gasteiger partial charge is 0.366 e. The number of aromatic nitrogens is 1. The number of pyridine rings is 1. The summed E-state index contributed by atoms with van der Waals surface area (Å²) in [4.78, 5) is 18.2. The van der Waals surface area contributed by atoms with Gasteiger partial charge in [0, 0.05) is 19.1 Å². The zero-order valence-electron chi connectivity index (χ0n) is 11.4. The summed E-state index contributed by atoms with van der Waals surface area (Å²) in [5.74, 6) is -0.228. The van der Waals surface area contributed by atoms with Crippen LogP contribution in [-0.2, 0) is 0 Å². The van der Waals surface area contributed by atoms with E-state index in [9.17, 15) is 18.0 Å². The minimum atomic E-state index is -4.43. The Morgan fingerprint density at radius 2 is 2.33 bits per heavy atom. The summed E-state index contributed by atoms with van der Waals surface area (Å²) in [5, 5.41) is 5.08. The number of anilines is 2. The number of fused-ring (bicyclic) bond motifs is 4. The number of halogens is 3. The van der Waals surface area contributed by atoms with Crippen LogP contribution in [0.4, 0.5) is 24.7 Å². The van der Waals surface area contributed by atoms with Gasteiger partial charge in [0.2, 0.25) is 0 Å². The first kappa shape index (κ1) is 14.0. The van der Waals surface area contributed by atoms with Gasteiger partial charge in [-0.2, -0.15) is 13.2 Å². The lowest BCUT2D eigenvalue weighted by molar-refractivity contribution is -0.123. The van der Waals surface area contributed by atoms with Gasteiger partial charge in [0.1, 0.15) is 12.2 Å². The average Bonchev–Trinajstić information content (AvgIpc) is 2.76. The van der Waals surface area contributed by atoms with Crippen LogP contribution in [0.25, 0.3) is 0 Å². The number of carbonyl (C=O) groups is 1. The second kappa shape index (κ2) is 4.78. The maximum atomic E-state index is 12.1. The third kappa shape index (κ3) is 2.74. The van der Waals surface area contributed by atoms with Crippen molar-refractivity contribution in [1.82, 2.24) is 10.3 Å². The first-order chi connectivity index (χ1) is 9.83. The van der Waals surface area contributed by atoms with E-state index in [0.29, 0.717) is 5.82 Å². The molecular formula is C13H15F3N4O. The van der Waals surface area contributed by atoms with E-state index in [2.05, 4.69) is 15.2 Å². The molecule has 0 aliphatic carbocycles. The van der Waals surface area contributed by atoms with E-state index in [-0.39, 0.29) is 11.7 Å². The SMILES string of the molecule is Cc1cc(C(=O)NCC(F)(F)F)nc2c1N1CCC(C1)N2. The first-order valence-electron chi connectivity index (χ1n) is 6.71. The van der Waals surface area contributed by atoms with Crippen LogP contribution in [0, 0.1) is 6.92 Å². The lowest BCUT2D eigenvalue weighted by atomic mass is 10.1. The fourth-order valence-corrected chi connectivity index (χ4v) is 2.83. The second-order valence-corrected chi connectivity index (χ2v) is 5.40. The number of hydrogen-bond donors (Lipinski definition) is 2. The van der Waals surface area contributed by atoms with Crippen LogP contribution in [0.1, 0.15) is 22.5 Å². The highest BCUT2D eigenvalue weighted by atomic mass is 19.4. The molecule has 3 heterocycles. The van der Waals surface area contributed by atoms with Crippen molar-refractivity contribution in [2.75, 3.05) is 29.9 Å². The molecule has 1 amide bonds. The minimum absolute atomic E-state index is 0.00509. The highest BCUT2D eigenvalue weighted by molar-refractivity contribution is 5.94. The number of aryl methyl sites for hydroxylation is 1. The molecule has 1 atom stereocenters. The van der Waals surface area contributed by atoms with Gasteiger partial charge >= 0.3 is 6.18 Å². The fourth-order valence-electron chi connectivity index (χ4n) is 2.83. The van der Waals surface area contributed by atoms with E-state index in [1.54, 1.807) is 0 Å². The van der Waals surface area contributed by atoms with Crippen molar-refractivity contribution in [1.29, 1.82) is 0 Å². The van der Waals surface area contributed by atoms with E-state index in [4.69, 9.17) is 0 Å². The minimum Gasteiger partial charge on any atom is -0.366 e. The fraction of sp³-hybridized carbons (Fsp3) is 0.538. The van der Waals surface area contributed by atoms with Gasteiger partial charge in [-0.05, 0) is 25.0 Å². The molecule has 3 rings (SSSR count). The molecule has 0 aromatic carbocycles. The highest BCUT2D eigenvalue weighted by Gasteiger charge is 2.33. The lowest BCUT2D eigenvalue weighted by Gasteiger charge is -2.29. The van der Waals surface area contributed by atoms with Crippen molar-refractivity contribution >= 4 is 17.4 Å². The van der Waals surface area contributed by atoms with Crippen molar-refractivity contribution in [2.24, 2.45) is 0 Å². The van der Waals surface area contributed by atoms with Crippen molar-refractivity contribution in [3.63, 3.8) is 0 Å². The van der Waals surface area contributed by atoms with Crippen LogP contribution in [-0.4, -0.2) is 42.7 Å². The largest absolute Gasteiger partial charge is 0.405 e. The van der Waals surface area contributed by atoms with Crippen LogP contribution in [0.5, 0.6) is 0 Å². The summed E-state index contributed by atoms with van der Waals surface area (Å²) < 4.78 is 36.4. The molecule has 21 heavy (non-hydrogen) atoms. The molecule has 0 radical (unpaired) electrons. The van der Waals surface area contributed by atoms with Crippen molar-refractivity contribution in [3.8, 4) is 0 Å². The Labute approximate surface area is 119 Å². The normalized spacial score (nSPS) is 20.0. The zero-order chi connectivity index (χ0) is 15.2. The third-order valence-corrected chi connectivity index (χ3v) is 3.71. The molecule has 114 valence electrons. The molecule has 1 unspecified atom stereocenters. The summed E-state index contributed by atoms with van der Waals surface area (Å²) in [6.07, 6.45) is -3.44. The Morgan fingerprint density at radius 1 is 1.57 bits per heavy atom. The molecule has 1 aromatic rings. The van der Waals surface area contributed by atoms with Crippen molar-refractivity contribution in [3.05, 3.63) is 17.3 Å². The molecule has 0 spiro atoms. The molecule has 8 heteroatoms. The molecule has 1 aromatic heterocycles. The molecule has 5 nitrogen and oxygen atoms in total. The van der Waals surface area contributed by atoms with Gasteiger partial charge in [0.05, 0.1) is 5.69 Å². The van der Waals surface area contributed by atoms with Gasteiger partial charge < -0.3 is 15.5 Å². The Kier molecular flexibility index (Phi) is 3.18. The van der Waals surface area contributed by atoms with Crippen LogP contribution in [0.3, 0.4) is 0 Å². The monoisotopic (exact) mass is 300 g/mol. The number of hydrogen-bond acceptors (Lipinski definition) is 4. The van der Waals surface area contributed by atoms with Gasteiger partial charge in [-0.15, -0.1) is 0 Å². The number of nitrogens with zero attached hydrogens (tertiary/aromatic N) is 2. The maximum Gasteiger partial charge on any atom is 0.405 e. The van der Waals surface area contributed by atoms with E-state index in [1.807, 2.05) is 12.2 Å². The van der Waals surface area contributed by atoms with E-state index in [1.165, 1.54) is 6.07 Å². The highest BCUT2D eigenvalue weighted by Crippen LogP contribution is 2.36. The van der Waals surface area contributed by atoms with Crippen molar-refractivity contribution < 1.29 is 18.0 Å². The van der Waals surface area contributed by atoms with E-state index >= 15 is 0 Å². The Balaban J connectivity index is 1.84. The molecule has 0 saturated carbocycles. The van der Waals surface area contributed by atoms with E-state index < -0.39 is 18.6 Å². The second-order valence-electron chi connectivity index (χ2n) is 5.40. The lowest BCUT2D eigenvalue weighted by Crippen LogP contribution is -2.36. The number of alkyl halides is 3. The maximum absolute atomic E-state index is 12.1. The summed E-state index contributed by atoms with van der Waals surface area (Å²) in [6, 6.07) is 1.82. The van der Waals surface area contributed by atoms with Gasteiger partial charge in [0.15, 0.2) is 5.82 Å². The predicted octanol–water partition coefficient (Wildman–Crippen LogP) is 1.69. The first-order valence-corrected chi connectivity index (χ1v) is 6.71. The topological polar surface area (TPSA) is 57.3 Å². The molecule has 2 aliphatic rings. The molecule has 2 bridgehead atoms. The number of nitrogens with one attached hydrogen (secondary N) is 2. The van der Waals surface area contributed by atoms with Gasteiger partial charge in [0.25, 0.3) is 5.91 Å². The average molecular weight is 300 g/mol. The number of rotatable bonds is 2. The zero-order valence-corrected chi connectivity index (χ0v) is 11.4. The summed E-state index contributed by atoms with van der Waals surface area (Å²) in [6.45, 7) is 2.30. The van der Waals surface area contributed by atoms with Crippen LogP contribution in [0.2, 0.25) is 0 Å². The Morgan fingerprint density at radius 3 is 3.05 bits per heavy atom. The number of carbonyl (C=O) groups excluding carboxylic acids is 1. The Bertz CT molecular complexity index is 588. The van der Waals surface area contributed by atoms with E-state index in [0.717, 1.165) is 30.8 Å². The summed E-state index contributed by atoms with van der Waals surface area (Å²) in [7, 11) is 0. The van der Waals surface area contributed by atoms with Crippen LogP contribution >= 0.6 is 0 Å².